The van der Waals surface area contributed by atoms with Gasteiger partial charge in [-0.05, 0) is 123 Å². The van der Waals surface area contributed by atoms with Crippen molar-refractivity contribution in [2.75, 3.05) is 64.7 Å². The third-order valence-electron chi connectivity index (χ3n) is 13.0. The summed E-state index contributed by atoms with van der Waals surface area (Å²) in [5.41, 5.74) is 3.57. The Morgan fingerprint density at radius 3 is 1.96 bits per heavy atom. The molecule has 1 spiro atoms. The molecule has 0 radical (unpaired) electrons. The number of nitro benzene ring substituents is 1. The van der Waals surface area contributed by atoms with Gasteiger partial charge >= 0.3 is 21.6 Å². The van der Waals surface area contributed by atoms with Crippen LogP contribution in [0.4, 0.5) is 34.1 Å². The van der Waals surface area contributed by atoms with Gasteiger partial charge in [0.1, 0.15) is 34.4 Å². The van der Waals surface area contributed by atoms with Crippen LogP contribution in [-0.2, 0) is 37.6 Å². The number of hydrogen-bond acceptors (Lipinski definition) is 21. The van der Waals surface area contributed by atoms with E-state index in [1.807, 2.05) is 4.90 Å². The summed E-state index contributed by atoms with van der Waals surface area (Å²) in [6.45, 7) is 2.73. The monoisotopic (exact) mass is 1170 g/mol. The lowest BCUT2D eigenvalue weighted by Gasteiger charge is -2.36. The van der Waals surface area contributed by atoms with E-state index in [1.54, 1.807) is 74.5 Å². The molecule has 2 heterocycles. The number of unbranched alkanes of at least 4 members (excludes halogenated alkanes) is 3. The van der Waals surface area contributed by atoms with Crippen LogP contribution in [0.3, 0.4) is 0 Å². The van der Waals surface area contributed by atoms with Gasteiger partial charge in [-0.15, -0.1) is 15.3 Å². The maximum atomic E-state index is 13.4. The molecule has 0 saturated carbocycles. The van der Waals surface area contributed by atoms with Gasteiger partial charge in [-0.1, -0.05) is 18.9 Å². The number of phosphoric acid groups is 2. The van der Waals surface area contributed by atoms with Crippen molar-refractivity contribution in [1.29, 1.82) is 0 Å². The van der Waals surface area contributed by atoms with E-state index in [0.29, 0.717) is 95.1 Å². The number of aromatic hydroxyl groups is 2. The Balaban J connectivity index is 0.709. The summed E-state index contributed by atoms with van der Waals surface area (Å²) in [6.07, 6.45) is 2.40. The second kappa shape index (κ2) is 26.7. The number of nitrogens with one attached hydrogen (secondary N) is 1. The van der Waals surface area contributed by atoms with Crippen LogP contribution in [0.25, 0.3) is 0 Å². The highest BCUT2D eigenvalue weighted by molar-refractivity contribution is 7.47. The van der Waals surface area contributed by atoms with Crippen LogP contribution >= 0.6 is 15.6 Å². The van der Waals surface area contributed by atoms with Gasteiger partial charge in [0.2, 0.25) is 0 Å². The number of phosphoric ester groups is 2. The first-order valence-electron chi connectivity index (χ1n) is 25.8. The number of amides is 1. The fourth-order valence-electron chi connectivity index (χ4n) is 9.04. The molecule has 0 bridgehead atoms. The number of rotatable bonds is 28. The van der Waals surface area contributed by atoms with E-state index in [-0.39, 0.29) is 78.3 Å². The predicted octanol–water partition coefficient (Wildman–Crippen LogP) is 11.5. The van der Waals surface area contributed by atoms with Crippen LogP contribution in [0.1, 0.15) is 80.6 Å². The van der Waals surface area contributed by atoms with Gasteiger partial charge in [-0.3, -0.25) is 33.0 Å². The zero-order valence-corrected chi connectivity index (χ0v) is 46.5. The number of carbonyl (C=O) groups is 2. The largest absolute Gasteiger partial charge is 0.508 e. The average Bonchev–Trinajstić information content (AvgIpc) is 1.66. The Hall–Kier alpha value is -7.96. The number of fused-ring (bicyclic) bond motifs is 6. The number of aryl methyl sites for hydroxylation is 2. The number of methoxy groups -OCH3 is 1. The minimum absolute atomic E-state index is 0.0885. The van der Waals surface area contributed by atoms with Gasteiger partial charge < -0.3 is 49.5 Å². The summed E-state index contributed by atoms with van der Waals surface area (Å²) in [4.78, 5) is 59.8. The third-order valence-corrected chi connectivity index (χ3v) is 15.0. The smallest absolute Gasteiger partial charge is 0.472 e. The maximum absolute atomic E-state index is 13.4. The first kappa shape index (κ1) is 60.1. The highest BCUT2D eigenvalue weighted by Crippen LogP contribution is 2.57. The summed E-state index contributed by atoms with van der Waals surface area (Å²) >= 11 is 0. The predicted molar refractivity (Wildman–Crippen MR) is 297 cm³/mol. The van der Waals surface area contributed by atoms with Crippen LogP contribution in [0.15, 0.2) is 130 Å². The molecule has 25 nitrogen and oxygen atoms in total. The minimum Gasteiger partial charge on any atom is -0.508 e. The maximum Gasteiger partial charge on any atom is 0.472 e. The molecule has 82 heavy (non-hydrogen) atoms. The van der Waals surface area contributed by atoms with Crippen molar-refractivity contribution in [2.45, 2.75) is 51.6 Å². The second-order valence-corrected chi connectivity index (χ2v) is 21.7. The van der Waals surface area contributed by atoms with E-state index >= 15 is 0 Å². The van der Waals surface area contributed by atoms with Gasteiger partial charge in [0, 0.05) is 71.8 Å². The van der Waals surface area contributed by atoms with Crippen molar-refractivity contribution in [3.05, 3.63) is 158 Å². The number of nitro groups is 1. The number of aliphatic hydroxyl groups excluding tert-OH is 1. The van der Waals surface area contributed by atoms with E-state index in [0.717, 1.165) is 0 Å². The Bertz CT molecular complexity index is 3440. The van der Waals surface area contributed by atoms with E-state index in [4.69, 9.17) is 32.3 Å². The fourth-order valence-corrected chi connectivity index (χ4v) is 10.5. The number of nitrogens with zero attached hydrogens (tertiary/aromatic N) is 6. The molecule has 27 heteroatoms. The number of ether oxygens (including phenoxy) is 3. The highest BCUT2D eigenvalue weighted by atomic mass is 31.2. The molecule has 2 atom stereocenters. The summed E-state index contributed by atoms with van der Waals surface area (Å²) in [6, 6.07) is 28.3. The highest BCUT2D eigenvalue weighted by Gasteiger charge is 2.54. The third kappa shape index (κ3) is 14.7. The number of phenolic OH excluding ortho intramolecular Hbond substituents is 2. The topological polar surface area (TPSA) is 342 Å². The summed E-state index contributed by atoms with van der Waals surface area (Å²) in [7, 11) is -7.66. The molecule has 6 N–H and O–H groups in total. The van der Waals surface area contributed by atoms with Crippen molar-refractivity contribution in [1.82, 2.24) is 5.32 Å². The molecule has 2 aliphatic rings. The number of aliphatic hydroxyl groups is 1. The molecule has 1 amide bonds. The molecule has 0 saturated heterocycles. The number of benzene rings is 6. The zero-order valence-electron chi connectivity index (χ0n) is 44.7. The molecular formula is C55H59N7O18P2. The molecule has 2 aliphatic heterocycles. The second-order valence-electron chi connectivity index (χ2n) is 18.8. The molecule has 6 aromatic rings. The number of esters is 1. The van der Waals surface area contributed by atoms with Crippen LogP contribution in [0.2, 0.25) is 0 Å². The first-order valence-corrected chi connectivity index (χ1v) is 28.8. The number of phenols is 2. The van der Waals surface area contributed by atoms with E-state index in [1.165, 1.54) is 55.6 Å². The Morgan fingerprint density at radius 1 is 0.695 bits per heavy atom. The normalized spacial score (nSPS) is 14.6. The van der Waals surface area contributed by atoms with Crippen molar-refractivity contribution in [3.8, 4) is 28.7 Å². The zero-order chi connectivity index (χ0) is 58.6. The molecule has 2 unspecified atom stereocenters. The van der Waals surface area contributed by atoms with Gasteiger partial charge in [0.15, 0.2) is 11.3 Å². The first-order chi connectivity index (χ1) is 39.3. The van der Waals surface area contributed by atoms with Crippen molar-refractivity contribution in [3.63, 3.8) is 0 Å². The van der Waals surface area contributed by atoms with Crippen LogP contribution in [0, 0.1) is 24.0 Å². The van der Waals surface area contributed by atoms with Crippen LogP contribution in [-0.4, -0.2) is 102 Å². The van der Waals surface area contributed by atoms with Crippen molar-refractivity contribution < 1.29 is 81.1 Å². The van der Waals surface area contributed by atoms with Crippen LogP contribution in [0.5, 0.6) is 28.7 Å². The van der Waals surface area contributed by atoms with Crippen molar-refractivity contribution in [2.24, 2.45) is 20.5 Å². The van der Waals surface area contributed by atoms with Crippen LogP contribution < -0.4 is 19.7 Å². The van der Waals surface area contributed by atoms with Crippen molar-refractivity contribution >= 4 is 61.6 Å². The average molecular weight is 1170 g/mol. The molecule has 8 rings (SSSR count). The molecule has 6 aromatic carbocycles. The molecule has 0 fully saturated rings. The lowest BCUT2D eigenvalue weighted by Crippen LogP contribution is -2.33. The van der Waals surface area contributed by atoms with E-state index in [2.05, 4.69) is 25.8 Å². The summed E-state index contributed by atoms with van der Waals surface area (Å²) in [5.74, 6) is -0.445. The van der Waals surface area contributed by atoms with E-state index < -0.39 is 51.3 Å². The number of hydrogen-bond donors (Lipinski definition) is 6. The lowest BCUT2D eigenvalue weighted by molar-refractivity contribution is -0.384. The van der Waals surface area contributed by atoms with Gasteiger partial charge in [-0.25, -0.2) is 13.9 Å². The Labute approximate surface area is 470 Å². The molecule has 432 valence electrons. The molecule has 0 aliphatic carbocycles. The number of anilines is 1. The number of azo groups is 2. The summed E-state index contributed by atoms with van der Waals surface area (Å²) in [5, 5.41) is 61.5. The minimum atomic E-state index is -4.58. The van der Waals surface area contributed by atoms with Gasteiger partial charge in [0.05, 0.1) is 62.0 Å². The standard InChI is InChI=1S/C55H59N7O18P2/c1-35-9-20-46(49(29-35)62(68)69)58-59-47-34-52(74-3)48(30-36(47)2)60-57-38-11-13-39(14-12-38)61(23-24-63)22-8-26-76-82(72,73)78-28-27-77-81(70,71)75-25-7-5-4-6-21-56-53(66)37-10-17-42-45(31-37)55(80-54(42)67)43-18-15-40(64)32-50(43)79-51-33-41(65)16-19-44(51)55/h9-20,29-34,63-65H,4-8,21-28H2,1-3H3,(H,56,66)(H,70,71)(H,72,73). The van der Waals surface area contributed by atoms with Gasteiger partial charge in [0.25, 0.3) is 11.6 Å². The van der Waals surface area contributed by atoms with Gasteiger partial charge in [-0.2, -0.15) is 5.11 Å². The Morgan fingerprint density at radius 2 is 1.32 bits per heavy atom. The molecule has 0 aromatic heterocycles. The fraction of sp³-hybridized carbons (Fsp3) is 0.309. The lowest BCUT2D eigenvalue weighted by atomic mass is 9.77. The quantitative estimate of drug-likeness (QED) is 0.00663. The number of carbonyl (C=O) groups excluding carboxylic acids is 2. The SMILES string of the molecule is COc1cc(N=Nc2ccc(C)cc2[N+](=O)[O-])c(C)cc1N=Nc1ccc(N(CCO)CCCOP(=O)(O)OCCOP(=O)(O)OCCCCCCNC(=O)c2ccc3c(c2)C2(OC3=O)c3ccc(O)cc3Oc3cc(O)ccc32)cc1. The van der Waals surface area contributed by atoms with E-state index in [9.17, 15) is 53.9 Å². The molecular weight excluding hydrogens is 1110 g/mol. The Kier molecular flexibility index (Phi) is 19.6. The summed E-state index contributed by atoms with van der Waals surface area (Å²) < 4.78 is 62.5.